The van der Waals surface area contributed by atoms with Crippen molar-refractivity contribution in [3.63, 3.8) is 0 Å². The molecule has 1 unspecified atom stereocenters. The number of Topliss-reactive ketones (excluding diaryl/α,β-unsaturated/α-hetero) is 1. The first-order chi connectivity index (χ1) is 19.2. The van der Waals surface area contributed by atoms with Gasteiger partial charge in [-0.1, -0.05) is 42.2 Å². The number of carbonyl (C=O) groups excluding carboxylic acids is 3. The van der Waals surface area contributed by atoms with Gasteiger partial charge in [-0.05, 0) is 43.7 Å². The summed E-state index contributed by atoms with van der Waals surface area (Å²) in [4.78, 5) is 45.4. The van der Waals surface area contributed by atoms with E-state index in [1.54, 1.807) is 49.4 Å². The van der Waals surface area contributed by atoms with Crippen molar-refractivity contribution < 1.29 is 38.4 Å². The average molecular weight is 565 g/mol. The predicted molar refractivity (Wildman–Crippen MR) is 149 cm³/mol. The summed E-state index contributed by atoms with van der Waals surface area (Å²) in [6, 6.07) is 10.4. The molecule has 208 valence electrons. The Hall–Kier alpha value is -4.64. The highest BCUT2D eigenvalue weighted by molar-refractivity contribution is 7.17. The van der Waals surface area contributed by atoms with Gasteiger partial charge >= 0.3 is 11.9 Å². The summed E-state index contributed by atoms with van der Waals surface area (Å²) in [6.07, 6.45) is 1.44. The lowest BCUT2D eigenvalue weighted by atomic mass is 9.95. The molecule has 10 nitrogen and oxygen atoms in total. The number of aliphatic hydroxyl groups is 1. The van der Waals surface area contributed by atoms with Crippen LogP contribution in [0.2, 0.25) is 0 Å². The number of hydrogen-bond donors (Lipinski definition) is 1. The summed E-state index contributed by atoms with van der Waals surface area (Å²) in [5.74, 6) is -1.56. The fraction of sp³-hybridized carbons (Fsp3) is 0.241. The molecule has 0 spiro atoms. The lowest BCUT2D eigenvalue weighted by molar-refractivity contribution is -0.132. The number of nitrogens with zero attached hydrogens (tertiary/aromatic N) is 2. The van der Waals surface area contributed by atoms with Crippen molar-refractivity contribution in [2.24, 2.45) is 0 Å². The molecule has 1 aliphatic heterocycles. The van der Waals surface area contributed by atoms with Crippen molar-refractivity contribution in [1.82, 2.24) is 4.98 Å². The van der Waals surface area contributed by atoms with Gasteiger partial charge in [0.1, 0.15) is 23.0 Å². The Bertz CT molecular complexity index is 1510. The zero-order chi connectivity index (χ0) is 29.0. The Morgan fingerprint density at radius 2 is 1.93 bits per heavy atom. The van der Waals surface area contributed by atoms with Crippen molar-refractivity contribution in [1.29, 1.82) is 0 Å². The molecule has 1 aliphatic rings. The molecule has 1 aromatic heterocycles. The van der Waals surface area contributed by atoms with Gasteiger partial charge < -0.3 is 24.1 Å². The van der Waals surface area contributed by atoms with E-state index < -0.39 is 29.5 Å². The molecular formula is C29H28N2O8S. The molecule has 4 rings (SSSR count). The monoisotopic (exact) mass is 564 g/mol. The molecule has 1 atom stereocenters. The summed E-state index contributed by atoms with van der Waals surface area (Å²) in [5.41, 5.74) is 0.900. The van der Waals surface area contributed by atoms with Crippen LogP contribution in [-0.2, 0) is 14.3 Å². The molecule has 0 saturated carbocycles. The van der Waals surface area contributed by atoms with E-state index in [1.807, 2.05) is 6.92 Å². The number of aryl methyl sites for hydroxylation is 1. The number of anilines is 1. The fourth-order valence-corrected chi connectivity index (χ4v) is 5.26. The van der Waals surface area contributed by atoms with Crippen LogP contribution in [0.5, 0.6) is 17.2 Å². The number of amides is 1. The van der Waals surface area contributed by atoms with Crippen molar-refractivity contribution in [2.75, 3.05) is 32.3 Å². The van der Waals surface area contributed by atoms with Crippen LogP contribution in [0.4, 0.5) is 5.13 Å². The maximum atomic E-state index is 13.5. The topological polar surface area (TPSA) is 124 Å². The zero-order valence-electron chi connectivity index (χ0n) is 22.4. The van der Waals surface area contributed by atoms with Crippen molar-refractivity contribution in [2.45, 2.75) is 19.9 Å². The van der Waals surface area contributed by atoms with Crippen molar-refractivity contribution in [3.05, 3.63) is 82.4 Å². The van der Waals surface area contributed by atoms with Gasteiger partial charge in [0.2, 0.25) is 0 Å². The Morgan fingerprint density at radius 1 is 1.15 bits per heavy atom. The van der Waals surface area contributed by atoms with Crippen LogP contribution in [-0.4, -0.2) is 55.2 Å². The first-order valence-corrected chi connectivity index (χ1v) is 13.1. The number of thiazole rings is 1. The van der Waals surface area contributed by atoms with E-state index in [0.717, 1.165) is 11.3 Å². The van der Waals surface area contributed by atoms with E-state index in [2.05, 4.69) is 11.6 Å². The maximum Gasteiger partial charge on any atom is 0.350 e. The van der Waals surface area contributed by atoms with Crippen LogP contribution < -0.4 is 19.1 Å². The number of esters is 1. The SMILES string of the molecule is C=CCOC(=O)c1sc(N2C(=O)C(=O)/C(=C(/O)c3cccc(OC)c3)C2c2ccc(OCC)c(OC)c2)nc1C. The Labute approximate surface area is 235 Å². The second kappa shape index (κ2) is 12.0. The minimum atomic E-state index is -1.10. The summed E-state index contributed by atoms with van der Waals surface area (Å²) in [7, 11) is 2.95. The van der Waals surface area contributed by atoms with Crippen LogP contribution >= 0.6 is 11.3 Å². The molecule has 11 heteroatoms. The summed E-state index contributed by atoms with van der Waals surface area (Å²) >= 11 is 0.909. The second-order valence-electron chi connectivity index (χ2n) is 8.54. The number of carbonyl (C=O) groups is 3. The van der Waals surface area contributed by atoms with Gasteiger partial charge in [0.25, 0.3) is 5.78 Å². The Balaban J connectivity index is 1.93. The van der Waals surface area contributed by atoms with Gasteiger partial charge in [-0.3, -0.25) is 14.5 Å². The summed E-state index contributed by atoms with van der Waals surface area (Å²) < 4.78 is 21.6. The van der Waals surface area contributed by atoms with Gasteiger partial charge in [0.15, 0.2) is 16.6 Å². The lowest BCUT2D eigenvalue weighted by Crippen LogP contribution is -2.29. The first-order valence-electron chi connectivity index (χ1n) is 12.3. The predicted octanol–water partition coefficient (Wildman–Crippen LogP) is 4.84. The minimum absolute atomic E-state index is 0.00251. The molecule has 1 saturated heterocycles. The highest BCUT2D eigenvalue weighted by atomic mass is 32.1. The number of rotatable bonds is 10. The number of ketones is 1. The van der Waals surface area contributed by atoms with Gasteiger partial charge in [0, 0.05) is 5.56 Å². The third-order valence-electron chi connectivity index (χ3n) is 6.10. The van der Waals surface area contributed by atoms with E-state index >= 15 is 0 Å². The van der Waals surface area contributed by atoms with E-state index in [-0.39, 0.29) is 27.8 Å². The molecule has 40 heavy (non-hydrogen) atoms. The summed E-state index contributed by atoms with van der Waals surface area (Å²) in [6.45, 7) is 7.37. The van der Waals surface area contributed by atoms with Crippen molar-refractivity contribution >= 4 is 39.9 Å². The fourth-order valence-electron chi connectivity index (χ4n) is 4.27. The number of methoxy groups -OCH3 is 2. The van der Waals surface area contributed by atoms with Gasteiger partial charge in [-0.2, -0.15) is 0 Å². The van der Waals surface area contributed by atoms with Crippen LogP contribution in [0, 0.1) is 6.92 Å². The van der Waals surface area contributed by atoms with E-state index in [0.29, 0.717) is 35.1 Å². The van der Waals surface area contributed by atoms with Crippen LogP contribution in [0.15, 0.2) is 60.7 Å². The highest BCUT2D eigenvalue weighted by Gasteiger charge is 2.48. The van der Waals surface area contributed by atoms with E-state index in [1.165, 1.54) is 25.2 Å². The molecular weight excluding hydrogens is 536 g/mol. The summed E-state index contributed by atoms with van der Waals surface area (Å²) in [5, 5.41) is 11.5. The molecule has 2 heterocycles. The maximum absolute atomic E-state index is 13.5. The molecule has 0 aliphatic carbocycles. The largest absolute Gasteiger partial charge is 0.507 e. The minimum Gasteiger partial charge on any atom is -0.507 e. The molecule has 1 N–H and O–H groups in total. The van der Waals surface area contributed by atoms with Gasteiger partial charge in [0.05, 0.1) is 38.1 Å². The first kappa shape index (κ1) is 28.4. The van der Waals surface area contributed by atoms with Crippen molar-refractivity contribution in [3.8, 4) is 17.2 Å². The standard InChI is InChI=1S/C29H28N2O8S/c1-6-13-39-28(35)26-16(3)30-29(40-26)31-23(17-11-12-20(38-7-2)21(15-17)37-5)22(25(33)27(31)34)24(32)18-9-8-10-19(14-18)36-4/h6,8-12,14-15,23,32H,1,7,13H2,2-5H3/b24-22+. The quantitative estimate of drug-likeness (QED) is 0.121. The normalized spacial score (nSPS) is 16.1. The van der Waals surface area contributed by atoms with Gasteiger partial charge in [-0.25, -0.2) is 9.78 Å². The molecule has 0 bridgehead atoms. The number of aromatic nitrogens is 1. The third kappa shape index (κ3) is 5.28. The lowest BCUT2D eigenvalue weighted by Gasteiger charge is -2.24. The molecule has 2 aromatic carbocycles. The van der Waals surface area contributed by atoms with E-state index in [4.69, 9.17) is 18.9 Å². The smallest absolute Gasteiger partial charge is 0.350 e. The third-order valence-corrected chi connectivity index (χ3v) is 7.24. The van der Waals surface area contributed by atoms with E-state index in [9.17, 15) is 19.5 Å². The van der Waals surface area contributed by atoms with Crippen LogP contribution in [0.3, 0.4) is 0 Å². The molecule has 3 aromatic rings. The Kier molecular flexibility index (Phi) is 8.54. The second-order valence-corrected chi connectivity index (χ2v) is 9.52. The van der Waals surface area contributed by atoms with Crippen LogP contribution in [0.25, 0.3) is 5.76 Å². The van der Waals surface area contributed by atoms with Gasteiger partial charge in [-0.15, -0.1) is 0 Å². The average Bonchev–Trinajstić information content (AvgIpc) is 3.47. The highest BCUT2D eigenvalue weighted by Crippen LogP contribution is 2.45. The van der Waals surface area contributed by atoms with Crippen LogP contribution in [0.1, 0.15) is 39.5 Å². The molecule has 0 radical (unpaired) electrons. The number of ether oxygens (including phenoxy) is 4. The number of hydrogen-bond acceptors (Lipinski definition) is 10. The molecule has 1 fully saturated rings. The number of benzene rings is 2. The number of aliphatic hydroxyl groups excluding tert-OH is 1. The Morgan fingerprint density at radius 3 is 2.60 bits per heavy atom. The zero-order valence-corrected chi connectivity index (χ0v) is 23.2. The molecule has 1 amide bonds.